The summed E-state index contributed by atoms with van der Waals surface area (Å²) >= 11 is 8.62. The summed E-state index contributed by atoms with van der Waals surface area (Å²) in [4.78, 5) is 16.6. The number of benzene rings is 2. The first-order chi connectivity index (χ1) is 18.5. The molecule has 0 unspecified atom stereocenters. The molecule has 0 aliphatic carbocycles. The molecular formula is C24H22N6Na2O6S4. The van der Waals surface area contributed by atoms with Crippen LogP contribution in [0.4, 0.5) is 23.3 Å². The zero-order valence-corrected chi connectivity index (χ0v) is 30.8. The second-order valence-corrected chi connectivity index (χ2v) is 12.3. The van der Waals surface area contributed by atoms with Crippen molar-refractivity contribution in [3.8, 4) is 11.1 Å². The van der Waals surface area contributed by atoms with Gasteiger partial charge in [0, 0.05) is 32.3 Å². The predicted molar refractivity (Wildman–Crippen MR) is 152 cm³/mol. The molecule has 0 saturated heterocycles. The Balaban J connectivity index is 0.00000308. The predicted octanol–water partition coefficient (Wildman–Crippen LogP) is -1.95. The van der Waals surface area contributed by atoms with Crippen LogP contribution in [0.15, 0.2) is 56.0 Å². The van der Waals surface area contributed by atoms with Crippen molar-refractivity contribution >= 4 is 68.8 Å². The van der Waals surface area contributed by atoms with E-state index in [-0.39, 0.29) is 93.5 Å². The van der Waals surface area contributed by atoms with Crippen molar-refractivity contribution in [2.45, 2.75) is 47.3 Å². The molecule has 4 aromatic rings. The van der Waals surface area contributed by atoms with E-state index in [9.17, 15) is 25.9 Å². The molecule has 0 atom stereocenters. The Kier molecular flexibility index (Phi) is 12.5. The van der Waals surface area contributed by atoms with Gasteiger partial charge in [-0.3, -0.25) is 0 Å². The van der Waals surface area contributed by atoms with Gasteiger partial charge in [-0.05, 0) is 52.0 Å². The average molecular weight is 665 g/mol. The maximum atomic E-state index is 12.3. The number of thiol groups is 2. The average Bonchev–Trinajstić information content (AvgIpc) is 2.85. The first kappa shape index (κ1) is 36.9. The zero-order chi connectivity index (χ0) is 29.6. The van der Waals surface area contributed by atoms with Crippen LogP contribution >= 0.6 is 25.3 Å². The van der Waals surface area contributed by atoms with Crippen molar-refractivity contribution in [3.05, 3.63) is 59.2 Å². The van der Waals surface area contributed by atoms with E-state index in [2.05, 4.69) is 55.8 Å². The maximum absolute atomic E-state index is 12.3. The molecule has 0 spiro atoms. The van der Waals surface area contributed by atoms with Crippen LogP contribution in [0.25, 0.3) is 11.1 Å². The Labute approximate surface area is 298 Å². The van der Waals surface area contributed by atoms with Gasteiger partial charge in [0.05, 0.1) is 32.6 Å². The summed E-state index contributed by atoms with van der Waals surface area (Å²) in [6, 6.07) is 7.28. The first-order valence-electron chi connectivity index (χ1n) is 11.4. The van der Waals surface area contributed by atoms with Crippen molar-refractivity contribution in [2.24, 2.45) is 0 Å². The van der Waals surface area contributed by atoms with E-state index in [1.165, 1.54) is 24.3 Å². The smallest absolute Gasteiger partial charge is 0.744 e. The van der Waals surface area contributed by atoms with E-state index in [0.29, 0.717) is 32.6 Å². The third kappa shape index (κ3) is 8.46. The number of aryl methyl sites for hydroxylation is 4. The summed E-state index contributed by atoms with van der Waals surface area (Å²) in [5.41, 5.74) is 2.02. The number of nitrogens with zero attached hydrogens (tertiary/aromatic N) is 4. The fourth-order valence-electron chi connectivity index (χ4n) is 3.85. The second-order valence-electron chi connectivity index (χ2n) is 8.71. The SMILES string of the molecule is Cc1nc(Nc2ccc(-c3ccc(Nc4nc(C)c(S)c(C)n4)cc3S(=O)(=O)[O-])c(S(=O)(=O)[O-])c2)nc(C)c1S.[Na+].[Na+]. The van der Waals surface area contributed by atoms with Gasteiger partial charge < -0.3 is 19.7 Å². The molecule has 0 amide bonds. The van der Waals surface area contributed by atoms with Gasteiger partial charge >= 0.3 is 59.1 Å². The van der Waals surface area contributed by atoms with Gasteiger partial charge in [-0.1, -0.05) is 12.1 Å². The van der Waals surface area contributed by atoms with Crippen molar-refractivity contribution in [3.63, 3.8) is 0 Å². The van der Waals surface area contributed by atoms with Gasteiger partial charge in [-0.25, -0.2) is 36.8 Å². The summed E-state index contributed by atoms with van der Waals surface area (Å²) < 4.78 is 73.5. The molecule has 18 heteroatoms. The van der Waals surface area contributed by atoms with E-state index >= 15 is 0 Å². The Morgan fingerprint density at radius 2 is 0.881 bits per heavy atom. The Hall–Kier alpha value is -1.28. The number of aromatic nitrogens is 4. The van der Waals surface area contributed by atoms with E-state index in [0.717, 1.165) is 12.1 Å². The van der Waals surface area contributed by atoms with Crippen LogP contribution in [-0.4, -0.2) is 45.9 Å². The van der Waals surface area contributed by atoms with E-state index < -0.39 is 30.0 Å². The topological polar surface area (TPSA) is 190 Å². The van der Waals surface area contributed by atoms with E-state index in [4.69, 9.17) is 0 Å². The molecule has 12 nitrogen and oxygen atoms in total. The Morgan fingerprint density at radius 3 is 1.14 bits per heavy atom. The molecule has 0 bridgehead atoms. The third-order valence-corrected chi connectivity index (χ3v) is 8.82. The fraction of sp³-hybridized carbons (Fsp3) is 0.167. The van der Waals surface area contributed by atoms with Crippen LogP contribution in [0.3, 0.4) is 0 Å². The summed E-state index contributed by atoms with van der Waals surface area (Å²) in [5.74, 6) is 0.262. The van der Waals surface area contributed by atoms with Gasteiger partial charge in [0.15, 0.2) is 0 Å². The number of hydrogen-bond donors (Lipinski definition) is 4. The summed E-state index contributed by atoms with van der Waals surface area (Å²) in [6.07, 6.45) is 0. The number of nitrogens with one attached hydrogen (secondary N) is 2. The maximum Gasteiger partial charge on any atom is 1.00 e. The van der Waals surface area contributed by atoms with Crippen LogP contribution in [-0.2, 0) is 20.2 Å². The minimum Gasteiger partial charge on any atom is -0.744 e. The van der Waals surface area contributed by atoms with Crippen LogP contribution in [0, 0.1) is 27.7 Å². The summed E-state index contributed by atoms with van der Waals surface area (Å²) in [7, 11) is -10.3. The van der Waals surface area contributed by atoms with E-state index in [1.54, 1.807) is 27.7 Å². The monoisotopic (exact) mass is 664 g/mol. The molecule has 42 heavy (non-hydrogen) atoms. The van der Waals surface area contributed by atoms with Crippen molar-refractivity contribution in [1.82, 2.24) is 19.9 Å². The molecule has 2 heterocycles. The quantitative estimate of drug-likeness (QED) is 0.0972. The number of hydrogen-bond acceptors (Lipinski definition) is 14. The largest absolute Gasteiger partial charge is 1.00 e. The Morgan fingerprint density at radius 1 is 0.595 bits per heavy atom. The van der Waals surface area contributed by atoms with Crippen molar-refractivity contribution in [2.75, 3.05) is 10.6 Å². The molecule has 0 aliphatic heterocycles. The van der Waals surface area contributed by atoms with Gasteiger partial charge in [0.2, 0.25) is 11.9 Å². The fourth-order valence-corrected chi connectivity index (χ4v) is 5.49. The number of rotatable bonds is 7. The minimum atomic E-state index is -5.14. The van der Waals surface area contributed by atoms with Crippen LogP contribution in [0.1, 0.15) is 22.8 Å². The van der Waals surface area contributed by atoms with Crippen LogP contribution in [0.5, 0.6) is 0 Å². The van der Waals surface area contributed by atoms with Gasteiger partial charge in [-0.15, -0.1) is 25.3 Å². The molecule has 2 aromatic carbocycles. The summed E-state index contributed by atoms with van der Waals surface area (Å²) in [6.45, 7) is 6.86. The molecule has 0 radical (unpaired) electrons. The first-order valence-corrected chi connectivity index (χ1v) is 15.1. The van der Waals surface area contributed by atoms with Crippen LogP contribution < -0.4 is 69.7 Å². The van der Waals surface area contributed by atoms with Gasteiger partial charge in [0.25, 0.3) is 0 Å². The van der Waals surface area contributed by atoms with Gasteiger partial charge in [0.1, 0.15) is 20.2 Å². The molecule has 2 N–H and O–H groups in total. The molecular weight excluding hydrogens is 643 g/mol. The molecule has 0 fully saturated rings. The third-order valence-electron chi connectivity index (χ3n) is 5.77. The van der Waals surface area contributed by atoms with Gasteiger partial charge in [-0.2, -0.15) is 0 Å². The molecule has 0 aliphatic rings. The van der Waals surface area contributed by atoms with Crippen LogP contribution in [0.2, 0.25) is 0 Å². The minimum absolute atomic E-state index is 0. The van der Waals surface area contributed by atoms with Crippen molar-refractivity contribution in [1.29, 1.82) is 0 Å². The number of anilines is 4. The normalized spacial score (nSPS) is 11.3. The van der Waals surface area contributed by atoms with E-state index in [1.807, 2.05) is 0 Å². The standard InChI is InChI=1S/C24H24N6O6S4.2Na/c1-11-21(37)12(2)26-23(25-11)29-15-5-7-17(19(9-15)39(31,32)33)18-8-6-16(10-20(18)40(34,35)36)30-24-27-13(3)22(38)14(4)28-24;;/h5-10,37-38H,1-4H3,(H,25,26,29)(H,27,28,30)(H,31,32,33)(H,34,35,36);;/q;2*+1/p-2. The Bertz CT molecular complexity index is 1710. The zero-order valence-electron chi connectivity index (χ0n) is 23.4. The molecule has 0 saturated carbocycles. The summed E-state index contributed by atoms with van der Waals surface area (Å²) in [5, 5.41) is 5.66. The molecule has 4 rings (SSSR count). The van der Waals surface area contributed by atoms with Crippen molar-refractivity contribution < 1.29 is 85.1 Å². The molecule has 210 valence electrons. The molecule has 2 aromatic heterocycles. The second kappa shape index (κ2) is 14.2.